The molecule has 0 fully saturated rings. The molecule has 0 spiro atoms. The molecule has 0 saturated carbocycles. The number of likely N-dealkylation sites (N-methyl/N-ethyl adjacent to an activating group) is 1. The summed E-state index contributed by atoms with van der Waals surface area (Å²) >= 11 is 0. The number of carbonyl (C=O) groups is 2. The Bertz CT molecular complexity index is 970. The molecule has 6 nitrogen and oxygen atoms in total. The van der Waals surface area contributed by atoms with Gasteiger partial charge in [0.25, 0.3) is 11.8 Å². The molecule has 0 atom stereocenters. The Labute approximate surface area is 176 Å². The second-order valence-electron chi connectivity index (χ2n) is 6.70. The third-order valence-corrected chi connectivity index (χ3v) is 4.45. The number of carbonyl (C=O) groups excluding carboxylic acids is 2. The molecule has 0 bridgehead atoms. The van der Waals surface area contributed by atoms with E-state index in [-0.39, 0.29) is 18.4 Å². The van der Waals surface area contributed by atoms with E-state index in [9.17, 15) is 9.59 Å². The highest BCUT2D eigenvalue weighted by molar-refractivity contribution is 5.93. The quantitative estimate of drug-likeness (QED) is 0.619. The lowest BCUT2D eigenvalue weighted by molar-refractivity contribution is -0.132. The Morgan fingerprint density at radius 1 is 0.833 bits per heavy atom. The van der Waals surface area contributed by atoms with Gasteiger partial charge in [0.05, 0.1) is 0 Å². The van der Waals surface area contributed by atoms with Crippen LogP contribution in [0.1, 0.15) is 15.9 Å². The summed E-state index contributed by atoms with van der Waals surface area (Å²) in [4.78, 5) is 25.5. The zero-order valence-electron chi connectivity index (χ0n) is 17.0. The van der Waals surface area contributed by atoms with Crippen molar-refractivity contribution in [3.05, 3.63) is 90.0 Å². The van der Waals surface area contributed by atoms with E-state index in [1.54, 1.807) is 55.4 Å². The van der Waals surface area contributed by atoms with Gasteiger partial charge >= 0.3 is 0 Å². The lowest BCUT2D eigenvalue weighted by Gasteiger charge is -2.18. The van der Waals surface area contributed by atoms with Crippen molar-refractivity contribution in [2.24, 2.45) is 0 Å². The molecule has 1 N–H and O–H groups in total. The number of benzene rings is 3. The summed E-state index contributed by atoms with van der Waals surface area (Å²) in [6, 6.07) is 23.8. The van der Waals surface area contributed by atoms with Crippen LogP contribution in [0.4, 0.5) is 0 Å². The molecule has 3 aromatic rings. The van der Waals surface area contributed by atoms with Crippen LogP contribution in [0.25, 0.3) is 0 Å². The maximum absolute atomic E-state index is 12.4. The van der Waals surface area contributed by atoms with Crippen LogP contribution in [-0.2, 0) is 11.3 Å². The lowest BCUT2D eigenvalue weighted by atomic mass is 10.1. The Kier molecular flexibility index (Phi) is 7.05. The van der Waals surface area contributed by atoms with Crippen LogP contribution < -0.4 is 14.8 Å². The molecule has 0 heterocycles. The van der Waals surface area contributed by atoms with Gasteiger partial charge in [-0.15, -0.1) is 0 Å². The highest BCUT2D eigenvalue weighted by atomic mass is 16.5. The van der Waals surface area contributed by atoms with E-state index >= 15 is 0 Å². The molecule has 3 aromatic carbocycles. The normalized spacial score (nSPS) is 10.2. The van der Waals surface area contributed by atoms with Crippen molar-refractivity contribution in [3.8, 4) is 17.2 Å². The third kappa shape index (κ3) is 5.85. The van der Waals surface area contributed by atoms with Crippen LogP contribution in [0, 0.1) is 0 Å². The monoisotopic (exact) mass is 404 g/mol. The minimum absolute atomic E-state index is 0.0638. The maximum atomic E-state index is 12.4. The summed E-state index contributed by atoms with van der Waals surface area (Å²) in [6.45, 7) is 0.367. The SMILES string of the molecule is CNC(=O)c1ccc(CN(C)C(=O)COc2ccc(Oc3ccccc3)cc2)cc1. The highest BCUT2D eigenvalue weighted by Crippen LogP contribution is 2.23. The van der Waals surface area contributed by atoms with E-state index in [1.165, 1.54) is 0 Å². The number of rotatable bonds is 8. The minimum Gasteiger partial charge on any atom is -0.484 e. The van der Waals surface area contributed by atoms with Crippen molar-refractivity contribution >= 4 is 11.8 Å². The smallest absolute Gasteiger partial charge is 0.260 e. The zero-order chi connectivity index (χ0) is 21.3. The van der Waals surface area contributed by atoms with E-state index in [2.05, 4.69) is 5.32 Å². The Balaban J connectivity index is 1.48. The summed E-state index contributed by atoms with van der Waals surface area (Å²) in [5.74, 6) is 1.75. The number of hydrogen-bond donors (Lipinski definition) is 1. The van der Waals surface area contributed by atoms with Gasteiger partial charge in [-0.05, 0) is 54.1 Å². The molecule has 0 radical (unpaired) electrons. The van der Waals surface area contributed by atoms with Gasteiger partial charge in [-0.2, -0.15) is 0 Å². The first kappa shape index (κ1) is 20.9. The molecule has 2 amide bonds. The first-order valence-electron chi connectivity index (χ1n) is 9.56. The van der Waals surface area contributed by atoms with Crippen molar-refractivity contribution in [2.75, 3.05) is 20.7 Å². The minimum atomic E-state index is -0.144. The van der Waals surface area contributed by atoms with Gasteiger partial charge in [0.2, 0.25) is 0 Å². The van der Waals surface area contributed by atoms with Crippen molar-refractivity contribution in [2.45, 2.75) is 6.54 Å². The summed E-state index contributed by atoms with van der Waals surface area (Å²) in [6.07, 6.45) is 0. The van der Waals surface area contributed by atoms with Gasteiger partial charge < -0.3 is 19.7 Å². The summed E-state index contributed by atoms with van der Waals surface area (Å²) < 4.78 is 11.3. The van der Waals surface area contributed by atoms with E-state index in [4.69, 9.17) is 9.47 Å². The second-order valence-corrected chi connectivity index (χ2v) is 6.70. The van der Waals surface area contributed by atoms with Crippen LogP contribution in [-0.4, -0.2) is 37.4 Å². The van der Waals surface area contributed by atoms with Gasteiger partial charge in [0, 0.05) is 26.2 Å². The number of para-hydroxylation sites is 1. The molecule has 0 aromatic heterocycles. The molecule has 0 aliphatic heterocycles. The van der Waals surface area contributed by atoms with E-state index in [0.29, 0.717) is 23.6 Å². The molecule has 0 aliphatic rings. The molecule has 154 valence electrons. The zero-order valence-corrected chi connectivity index (χ0v) is 17.0. The van der Waals surface area contributed by atoms with Crippen LogP contribution in [0.3, 0.4) is 0 Å². The third-order valence-electron chi connectivity index (χ3n) is 4.45. The number of amides is 2. The van der Waals surface area contributed by atoms with E-state index in [0.717, 1.165) is 11.3 Å². The van der Waals surface area contributed by atoms with Crippen LogP contribution in [0.2, 0.25) is 0 Å². The van der Waals surface area contributed by atoms with Gasteiger partial charge in [-0.25, -0.2) is 0 Å². The summed E-state index contributed by atoms with van der Waals surface area (Å²) in [5, 5.41) is 2.58. The Morgan fingerprint density at radius 2 is 1.43 bits per heavy atom. The second kappa shape index (κ2) is 10.1. The Morgan fingerprint density at radius 3 is 2.07 bits per heavy atom. The van der Waals surface area contributed by atoms with Gasteiger partial charge in [-0.1, -0.05) is 30.3 Å². The average molecular weight is 404 g/mol. The van der Waals surface area contributed by atoms with Crippen molar-refractivity contribution in [3.63, 3.8) is 0 Å². The molecule has 0 aliphatic carbocycles. The number of nitrogens with one attached hydrogen (secondary N) is 1. The number of nitrogens with zero attached hydrogens (tertiary/aromatic N) is 1. The fraction of sp³-hybridized carbons (Fsp3) is 0.167. The van der Waals surface area contributed by atoms with Crippen LogP contribution in [0.15, 0.2) is 78.9 Å². The van der Waals surface area contributed by atoms with Crippen LogP contribution in [0.5, 0.6) is 17.2 Å². The molecule has 0 saturated heterocycles. The van der Waals surface area contributed by atoms with Gasteiger partial charge in [-0.3, -0.25) is 9.59 Å². The first-order valence-corrected chi connectivity index (χ1v) is 9.56. The topological polar surface area (TPSA) is 67.9 Å². The molecule has 6 heteroatoms. The molecular weight excluding hydrogens is 380 g/mol. The average Bonchev–Trinajstić information content (AvgIpc) is 2.79. The standard InChI is InChI=1S/C24H24N2O4/c1-25-24(28)19-10-8-18(9-11-19)16-26(2)23(27)17-29-20-12-14-22(15-13-20)30-21-6-4-3-5-7-21/h3-15H,16-17H2,1-2H3,(H,25,28). The summed E-state index contributed by atoms with van der Waals surface area (Å²) in [7, 11) is 3.31. The van der Waals surface area contributed by atoms with Gasteiger partial charge in [0.1, 0.15) is 17.2 Å². The van der Waals surface area contributed by atoms with Crippen molar-refractivity contribution in [1.82, 2.24) is 10.2 Å². The first-order chi connectivity index (χ1) is 14.5. The maximum Gasteiger partial charge on any atom is 0.260 e. The highest BCUT2D eigenvalue weighted by Gasteiger charge is 2.11. The van der Waals surface area contributed by atoms with Gasteiger partial charge in [0.15, 0.2) is 6.61 Å². The van der Waals surface area contributed by atoms with E-state index < -0.39 is 0 Å². The Hall–Kier alpha value is -3.80. The predicted octanol–water partition coefficient (Wildman–Crippen LogP) is 3.88. The molecular formula is C24H24N2O4. The number of hydrogen-bond acceptors (Lipinski definition) is 4. The molecule has 0 unspecified atom stereocenters. The summed E-state index contributed by atoms with van der Waals surface area (Å²) in [5.41, 5.74) is 1.51. The molecule has 30 heavy (non-hydrogen) atoms. The largest absolute Gasteiger partial charge is 0.484 e. The molecule has 3 rings (SSSR count). The van der Waals surface area contributed by atoms with Crippen molar-refractivity contribution < 1.29 is 19.1 Å². The van der Waals surface area contributed by atoms with E-state index in [1.807, 2.05) is 42.5 Å². The predicted molar refractivity (Wildman–Crippen MR) is 115 cm³/mol. The fourth-order valence-corrected chi connectivity index (χ4v) is 2.75. The number of ether oxygens (including phenoxy) is 2. The van der Waals surface area contributed by atoms with Crippen molar-refractivity contribution in [1.29, 1.82) is 0 Å². The lowest BCUT2D eigenvalue weighted by Crippen LogP contribution is -2.31. The fourth-order valence-electron chi connectivity index (χ4n) is 2.75. The van der Waals surface area contributed by atoms with Crippen LogP contribution >= 0.6 is 0 Å².